The molecule has 0 aliphatic rings. The lowest BCUT2D eigenvalue weighted by atomic mass is 10.1. The van der Waals surface area contributed by atoms with Gasteiger partial charge in [-0.25, -0.2) is 0 Å². The van der Waals surface area contributed by atoms with Crippen LogP contribution in [0, 0.1) is 0 Å². The zero-order valence-corrected chi connectivity index (χ0v) is 11.5. The molecule has 0 aliphatic carbocycles. The average molecular weight is 288 g/mol. The van der Waals surface area contributed by atoms with Gasteiger partial charge in [0.15, 0.2) is 0 Å². The van der Waals surface area contributed by atoms with Gasteiger partial charge in [0.25, 0.3) is 0 Å². The average Bonchev–Trinajstić information content (AvgIpc) is 2.47. The summed E-state index contributed by atoms with van der Waals surface area (Å²) in [4.78, 5) is 37.1. The highest BCUT2D eigenvalue weighted by Gasteiger charge is 2.25. The molecule has 3 N–H and O–H groups in total. The summed E-state index contributed by atoms with van der Waals surface area (Å²) in [5.41, 5.74) is 14.8. The Morgan fingerprint density at radius 3 is 2.52 bits per heavy atom. The summed E-state index contributed by atoms with van der Waals surface area (Å²) in [5, 5.41) is 2.36. The van der Waals surface area contributed by atoms with Crippen LogP contribution in [0.5, 0.6) is 0 Å². The molecular formula is C14H16N4O3. The molecule has 0 saturated carbocycles. The molecule has 2 atom stereocenters. The van der Waals surface area contributed by atoms with Crippen LogP contribution in [0.2, 0.25) is 0 Å². The highest BCUT2D eigenvalue weighted by Crippen LogP contribution is 2.02. The predicted octanol–water partition coefficient (Wildman–Crippen LogP) is -0.500. The zero-order valence-electron chi connectivity index (χ0n) is 11.5. The van der Waals surface area contributed by atoms with Gasteiger partial charge in [-0.05, 0) is 18.9 Å². The number of carbonyl (C=O) groups excluding carboxylic acids is 3. The topological polar surface area (TPSA) is 126 Å². The molecule has 110 valence electrons. The van der Waals surface area contributed by atoms with Crippen LogP contribution in [-0.2, 0) is 20.8 Å². The fourth-order valence-corrected chi connectivity index (χ4v) is 1.68. The Hall–Kier alpha value is -2.63. The van der Waals surface area contributed by atoms with E-state index >= 15 is 0 Å². The highest BCUT2D eigenvalue weighted by atomic mass is 16.2. The maximum absolute atomic E-state index is 11.9. The first-order chi connectivity index (χ1) is 9.95. The number of nitrogens with two attached hydrogens (primary N) is 1. The number of nitrogens with one attached hydrogen (secondary N) is 1. The van der Waals surface area contributed by atoms with Crippen molar-refractivity contribution in [2.45, 2.75) is 25.4 Å². The van der Waals surface area contributed by atoms with Gasteiger partial charge >= 0.3 is 12.0 Å². The molecule has 0 fully saturated rings. The third-order valence-electron chi connectivity index (χ3n) is 2.81. The number of carbonyl (C=O) groups is 3. The molecule has 1 aromatic rings. The molecule has 21 heavy (non-hydrogen) atoms. The number of hydrogen-bond acceptors (Lipinski definition) is 4. The number of benzene rings is 1. The van der Waals surface area contributed by atoms with Crippen LogP contribution in [0.15, 0.2) is 30.3 Å². The van der Waals surface area contributed by atoms with E-state index in [1.165, 1.54) is 6.92 Å². The van der Waals surface area contributed by atoms with Crippen molar-refractivity contribution in [3.63, 3.8) is 0 Å². The lowest BCUT2D eigenvalue weighted by Gasteiger charge is -2.15. The van der Waals surface area contributed by atoms with Crippen LogP contribution < -0.4 is 11.1 Å². The second-order valence-corrected chi connectivity index (χ2v) is 4.50. The molecule has 1 rings (SSSR count). The predicted molar refractivity (Wildman–Crippen MR) is 75.4 cm³/mol. The van der Waals surface area contributed by atoms with Gasteiger partial charge in [0, 0.05) is 0 Å². The van der Waals surface area contributed by atoms with Crippen LogP contribution in [0.25, 0.3) is 5.53 Å². The molecule has 0 saturated heterocycles. The number of rotatable bonds is 7. The first-order valence-electron chi connectivity index (χ1n) is 6.31. The maximum Gasteiger partial charge on any atom is 0.331 e. The summed E-state index contributed by atoms with van der Waals surface area (Å²) in [5.74, 6) is -2.41. The summed E-state index contributed by atoms with van der Waals surface area (Å²) in [7, 11) is 0. The van der Waals surface area contributed by atoms with E-state index in [2.05, 4.69) is 10.1 Å². The second kappa shape index (κ2) is 7.84. The fourth-order valence-electron chi connectivity index (χ4n) is 1.68. The van der Waals surface area contributed by atoms with Gasteiger partial charge in [-0.1, -0.05) is 30.3 Å². The molecule has 1 aromatic carbocycles. The van der Waals surface area contributed by atoms with Gasteiger partial charge in [-0.15, -0.1) is 0 Å². The van der Waals surface area contributed by atoms with E-state index in [0.29, 0.717) is 12.6 Å². The molecule has 0 heterocycles. The molecule has 1 amide bonds. The van der Waals surface area contributed by atoms with Crippen molar-refractivity contribution in [1.82, 2.24) is 5.32 Å². The van der Waals surface area contributed by atoms with Crippen molar-refractivity contribution in [1.29, 1.82) is 0 Å². The van der Waals surface area contributed by atoms with Crippen LogP contribution in [0.3, 0.4) is 0 Å². The number of hydrogen-bond donors (Lipinski definition) is 2. The van der Waals surface area contributed by atoms with Gasteiger partial charge in [-0.2, -0.15) is 4.79 Å². The molecule has 7 heteroatoms. The SMILES string of the molecule is C[C@@H](NC(=O)[C@H](N)Cc1ccccc1)C(=O)C(=O)C=[N+]=[N-]. The van der Waals surface area contributed by atoms with E-state index in [1.54, 1.807) is 0 Å². The van der Waals surface area contributed by atoms with Crippen molar-refractivity contribution in [2.24, 2.45) is 5.73 Å². The number of nitrogens with zero attached hydrogens (tertiary/aromatic N) is 2. The highest BCUT2D eigenvalue weighted by molar-refractivity contribution is 6.59. The fraction of sp³-hybridized carbons (Fsp3) is 0.286. The van der Waals surface area contributed by atoms with Crippen molar-refractivity contribution in [3.8, 4) is 0 Å². The summed E-state index contributed by atoms with van der Waals surface area (Å²) >= 11 is 0. The van der Waals surface area contributed by atoms with Gasteiger partial charge in [0.05, 0.1) is 12.1 Å². The molecule has 0 bridgehead atoms. The second-order valence-electron chi connectivity index (χ2n) is 4.50. The molecule has 0 spiro atoms. The smallest absolute Gasteiger partial charge is 0.331 e. The van der Waals surface area contributed by atoms with Crippen molar-refractivity contribution in [2.75, 3.05) is 0 Å². The van der Waals surface area contributed by atoms with Crippen molar-refractivity contribution >= 4 is 23.7 Å². The molecule has 0 aromatic heterocycles. The number of amides is 1. The quantitative estimate of drug-likeness (QED) is 0.303. The van der Waals surface area contributed by atoms with Crippen LogP contribution >= 0.6 is 0 Å². The number of ketones is 2. The van der Waals surface area contributed by atoms with Crippen LogP contribution in [0.4, 0.5) is 0 Å². The standard InChI is InChI=1S/C14H16N4O3/c1-9(13(20)12(19)8-17-16)18-14(21)11(15)7-10-5-3-2-4-6-10/h2-6,8-9,11H,7,15H2,1H3,(H,18,21)/t9-,11-/m1/s1. The molecular weight excluding hydrogens is 272 g/mol. The Labute approximate surface area is 121 Å². The van der Waals surface area contributed by atoms with E-state index in [9.17, 15) is 14.4 Å². The Balaban J connectivity index is 2.57. The van der Waals surface area contributed by atoms with Crippen molar-refractivity contribution in [3.05, 3.63) is 41.4 Å². The minimum absolute atomic E-state index is 0.319. The first-order valence-corrected chi connectivity index (χ1v) is 6.31. The normalized spacial score (nSPS) is 12.7. The zero-order chi connectivity index (χ0) is 15.8. The van der Waals surface area contributed by atoms with Gasteiger partial charge < -0.3 is 16.6 Å². The Bertz CT molecular complexity index is 579. The summed E-state index contributed by atoms with van der Waals surface area (Å²) in [6, 6.07) is 7.32. The largest absolute Gasteiger partial charge is 0.361 e. The Morgan fingerprint density at radius 1 is 1.33 bits per heavy atom. The Morgan fingerprint density at radius 2 is 1.95 bits per heavy atom. The van der Waals surface area contributed by atoms with Gasteiger partial charge in [-0.3, -0.25) is 14.4 Å². The summed E-state index contributed by atoms with van der Waals surface area (Å²) < 4.78 is 0. The van der Waals surface area contributed by atoms with Gasteiger partial charge in [0.2, 0.25) is 11.7 Å². The number of Topliss-reactive ketones (excluding diaryl/α,β-unsaturated/α-hetero) is 2. The van der Waals surface area contributed by atoms with E-state index in [4.69, 9.17) is 11.3 Å². The van der Waals surface area contributed by atoms with Gasteiger partial charge in [0.1, 0.15) is 0 Å². The lowest BCUT2D eigenvalue weighted by Crippen LogP contribution is -2.49. The van der Waals surface area contributed by atoms with E-state index in [-0.39, 0.29) is 0 Å². The summed E-state index contributed by atoms with van der Waals surface area (Å²) in [6.07, 6.45) is 0.800. The molecule has 0 unspecified atom stereocenters. The molecule has 0 radical (unpaired) electrons. The minimum atomic E-state index is -1.04. The summed E-state index contributed by atoms with van der Waals surface area (Å²) in [6.45, 7) is 1.36. The molecule has 7 nitrogen and oxygen atoms in total. The monoisotopic (exact) mass is 288 g/mol. The minimum Gasteiger partial charge on any atom is -0.361 e. The lowest BCUT2D eigenvalue weighted by molar-refractivity contribution is -0.136. The van der Waals surface area contributed by atoms with Crippen LogP contribution in [0.1, 0.15) is 12.5 Å². The first kappa shape index (κ1) is 16.4. The maximum atomic E-state index is 11.9. The van der Waals surface area contributed by atoms with E-state index in [1.807, 2.05) is 30.3 Å². The van der Waals surface area contributed by atoms with Crippen molar-refractivity contribution < 1.29 is 19.2 Å². The third kappa shape index (κ3) is 5.10. The third-order valence-corrected chi connectivity index (χ3v) is 2.81. The van der Waals surface area contributed by atoms with Crippen LogP contribution in [-0.4, -0.2) is 40.6 Å². The Kier molecular flexibility index (Phi) is 6.13. The van der Waals surface area contributed by atoms with E-state index < -0.39 is 29.6 Å². The molecule has 0 aliphatic heterocycles. The van der Waals surface area contributed by atoms with E-state index in [0.717, 1.165) is 5.56 Å².